The Morgan fingerprint density at radius 3 is 2.59 bits per heavy atom. The molecule has 0 saturated carbocycles. The van der Waals surface area contributed by atoms with E-state index in [0.29, 0.717) is 25.5 Å². The average molecular weight is 304 g/mol. The van der Waals surface area contributed by atoms with E-state index in [2.05, 4.69) is 5.10 Å². The van der Waals surface area contributed by atoms with E-state index in [1.165, 1.54) is 0 Å². The van der Waals surface area contributed by atoms with E-state index in [1.54, 1.807) is 31.8 Å². The molecule has 22 heavy (non-hydrogen) atoms. The zero-order valence-electron chi connectivity index (χ0n) is 13.0. The van der Waals surface area contributed by atoms with Crippen LogP contribution in [-0.2, 0) is 29.7 Å². The van der Waals surface area contributed by atoms with Crippen LogP contribution in [0, 0.1) is 0 Å². The van der Waals surface area contributed by atoms with Crippen LogP contribution >= 0.6 is 0 Å². The molecule has 0 radical (unpaired) electrons. The molecule has 0 saturated heterocycles. The molecule has 2 aromatic rings. The van der Waals surface area contributed by atoms with Crippen molar-refractivity contribution in [3.63, 3.8) is 0 Å². The summed E-state index contributed by atoms with van der Waals surface area (Å²) >= 11 is 0. The van der Waals surface area contributed by atoms with E-state index >= 15 is 0 Å². The van der Waals surface area contributed by atoms with E-state index in [-0.39, 0.29) is 0 Å². The molecule has 6 nitrogen and oxygen atoms in total. The molecule has 6 heteroatoms. The summed E-state index contributed by atoms with van der Waals surface area (Å²) in [5.41, 5.74) is 2.16. The predicted molar refractivity (Wildman–Crippen MR) is 80.7 cm³/mol. The van der Waals surface area contributed by atoms with Crippen LogP contribution in [0.5, 0.6) is 5.75 Å². The van der Waals surface area contributed by atoms with Crippen molar-refractivity contribution >= 4 is 5.97 Å². The lowest BCUT2D eigenvalue weighted by atomic mass is 10.2. The van der Waals surface area contributed by atoms with Gasteiger partial charge in [-0.1, -0.05) is 12.1 Å². The molecule has 0 aliphatic carbocycles. The average Bonchev–Trinajstić information content (AvgIpc) is 2.90. The third-order valence-corrected chi connectivity index (χ3v) is 3.14. The van der Waals surface area contributed by atoms with Gasteiger partial charge in [0, 0.05) is 7.05 Å². The van der Waals surface area contributed by atoms with Crippen molar-refractivity contribution in [1.82, 2.24) is 9.78 Å². The second-order valence-electron chi connectivity index (χ2n) is 4.71. The number of carbonyl (C=O) groups excluding carboxylic acids is 1. The zero-order valence-corrected chi connectivity index (χ0v) is 13.0. The molecule has 0 fully saturated rings. The Bertz CT molecular complexity index is 620. The van der Waals surface area contributed by atoms with E-state index in [4.69, 9.17) is 14.2 Å². The molecule has 0 atom stereocenters. The van der Waals surface area contributed by atoms with Gasteiger partial charge in [-0.2, -0.15) is 5.10 Å². The maximum Gasteiger partial charge on any atom is 0.358 e. The Morgan fingerprint density at radius 1 is 1.23 bits per heavy atom. The molecule has 0 amide bonds. The van der Waals surface area contributed by atoms with Gasteiger partial charge in [0.15, 0.2) is 5.69 Å². The highest BCUT2D eigenvalue weighted by molar-refractivity contribution is 5.87. The summed E-state index contributed by atoms with van der Waals surface area (Å²) in [5, 5.41) is 4.12. The smallest absolute Gasteiger partial charge is 0.358 e. The number of hydrogen-bond donors (Lipinski definition) is 0. The third-order valence-electron chi connectivity index (χ3n) is 3.14. The lowest BCUT2D eigenvalue weighted by molar-refractivity contribution is 0.0518. The Kier molecular flexibility index (Phi) is 5.55. The van der Waals surface area contributed by atoms with Gasteiger partial charge in [0.1, 0.15) is 5.75 Å². The second-order valence-corrected chi connectivity index (χ2v) is 4.71. The monoisotopic (exact) mass is 304 g/mol. The standard InChI is InChI=1S/C16H20N2O4/c1-4-22-16(19)15-9-13(18(2)17-15)11-21-10-12-5-7-14(20-3)8-6-12/h5-9H,4,10-11H2,1-3H3. The van der Waals surface area contributed by atoms with Crippen LogP contribution in [0.15, 0.2) is 30.3 Å². The number of esters is 1. The zero-order chi connectivity index (χ0) is 15.9. The fourth-order valence-corrected chi connectivity index (χ4v) is 1.94. The van der Waals surface area contributed by atoms with Crippen LogP contribution in [0.25, 0.3) is 0 Å². The summed E-state index contributed by atoms with van der Waals surface area (Å²) in [6.07, 6.45) is 0. The molecular formula is C16H20N2O4. The van der Waals surface area contributed by atoms with Crippen molar-refractivity contribution < 1.29 is 19.0 Å². The Morgan fingerprint density at radius 2 is 1.95 bits per heavy atom. The Labute approximate surface area is 129 Å². The number of aryl methyl sites for hydroxylation is 1. The number of hydrogen-bond acceptors (Lipinski definition) is 5. The quantitative estimate of drug-likeness (QED) is 0.735. The largest absolute Gasteiger partial charge is 0.497 e. The summed E-state index contributed by atoms with van der Waals surface area (Å²) in [6, 6.07) is 9.37. The summed E-state index contributed by atoms with van der Waals surface area (Å²) in [7, 11) is 3.41. The minimum Gasteiger partial charge on any atom is -0.497 e. The fourth-order valence-electron chi connectivity index (χ4n) is 1.94. The van der Waals surface area contributed by atoms with Crippen LogP contribution in [-0.4, -0.2) is 29.5 Å². The molecule has 0 aliphatic rings. The first kappa shape index (κ1) is 16.0. The van der Waals surface area contributed by atoms with E-state index in [1.807, 2.05) is 24.3 Å². The highest BCUT2D eigenvalue weighted by Crippen LogP contribution is 2.13. The molecule has 1 heterocycles. The number of carbonyl (C=O) groups is 1. The molecular weight excluding hydrogens is 284 g/mol. The molecule has 0 spiro atoms. The van der Waals surface area contributed by atoms with Crippen LogP contribution < -0.4 is 4.74 Å². The van der Waals surface area contributed by atoms with Crippen LogP contribution in [0.3, 0.4) is 0 Å². The lowest BCUT2D eigenvalue weighted by Crippen LogP contribution is -2.06. The Balaban J connectivity index is 1.89. The van der Waals surface area contributed by atoms with Crippen molar-refractivity contribution in [1.29, 1.82) is 0 Å². The van der Waals surface area contributed by atoms with Crippen molar-refractivity contribution in [3.8, 4) is 5.75 Å². The van der Waals surface area contributed by atoms with Gasteiger partial charge in [0.05, 0.1) is 32.6 Å². The highest BCUT2D eigenvalue weighted by atomic mass is 16.5. The van der Waals surface area contributed by atoms with Crippen LogP contribution in [0.1, 0.15) is 28.7 Å². The molecule has 1 aromatic heterocycles. The molecule has 1 aromatic carbocycles. The maximum atomic E-state index is 11.6. The van der Waals surface area contributed by atoms with Crippen molar-refractivity contribution in [2.24, 2.45) is 7.05 Å². The first-order chi connectivity index (χ1) is 10.6. The van der Waals surface area contributed by atoms with Crippen LogP contribution in [0.4, 0.5) is 0 Å². The summed E-state index contributed by atoms with van der Waals surface area (Å²) in [4.78, 5) is 11.6. The number of methoxy groups -OCH3 is 1. The number of benzene rings is 1. The van der Waals surface area contributed by atoms with Crippen molar-refractivity contribution in [3.05, 3.63) is 47.3 Å². The molecule has 0 unspecified atom stereocenters. The van der Waals surface area contributed by atoms with E-state index in [0.717, 1.165) is 17.0 Å². The van der Waals surface area contributed by atoms with Crippen LogP contribution in [0.2, 0.25) is 0 Å². The first-order valence-corrected chi connectivity index (χ1v) is 7.04. The lowest BCUT2D eigenvalue weighted by Gasteiger charge is -2.05. The van der Waals surface area contributed by atoms with Gasteiger partial charge in [-0.05, 0) is 30.7 Å². The number of aromatic nitrogens is 2. The molecule has 0 N–H and O–H groups in total. The minimum atomic E-state index is -0.417. The van der Waals surface area contributed by atoms with Gasteiger partial charge < -0.3 is 14.2 Å². The summed E-state index contributed by atoms with van der Waals surface area (Å²) in [6.45, 7) is 2.94. The van der Waals surface area contributed by atoms with Crippen molar-refractivity contribution in [2.45, 2.75) is 20.1 Å². The Hall–Kier alpha value is -2.34. The van der Waals surface area contributed by atoms with Crippen molar-refractivity contribution in [2.75, 3.05) is 13.7 Å². The fraction of sp³-hybridized carbons (Fsp3) is 0.375. The first-order valence-electron chi connectivity index (χ1n) is 7.04. The number of nitrogens with zero attached hydrogens (tertiary/aromatic N) is 2. The van der Waals surface area contributed by atoms with Gasteiger partial charge in [0.2, 0.25) is 0 Å². The summed E-state index contributed by atoms with van der Waals surface area (Å²) < 4.78 is 17.3. The van der Waals surface area contributed by atoms with Gasteiger partial charge in [-0.3, -0.25) is 4.68 Å². The summed E-state index contributed by atoms with van der Waals surface area (Å²) in [5.74, 6) is 0.397. The maximum absolute atomic E-state index is 11.6. The van der Waals surface area contributed by atoms with Gasteiger partial charge in [0.25, 0.3) is 0 Å². The topological polar surface area (TPSA) is 62.6 Å². The second kappa shape index (κ2) is 7.61. The molecule has 2 rings (SSSR count). The minimum absolute atomic E-state index is 0.299. The highest BCUT2D eigenvalue weighted by Gasteiger charge is 2.13. The predicted octanol–water partition coefficient (Wildman–Crippen LogP) is 2.32. The number of ether oxygens (including phenoxy) is 3. The van der Waals surface area contributed by atoms with Gasteiger partial charge in [-0.25, -0.2) is 4.79 Å². The van der Waals surface area contributed by atoms with Gasteiger partial charge in [-0.15, -0.1) is 0 Å². The molecule has 0 bridgehead atoms. The van der Waals surface area contributed by atoms with E-state index in [9.17, 15) is 4.79 Å². The third kappa shape index (κ3) is 4.08. The van der Waals surface area contributed by atoms with Gasteiger partial charge >= 0.3 is 5.97 Å². The normalized spacial score (nSPS) is 10.5. The molecule has 118 valence electrons. The van der Waals surface area contributed by atoms with E-state index < -0.39 is 5.97 Å². The molecule has 0 aliphatic heterocycles. The number of rotatable bonds is 7. The SMILES string of the molecule is CCOC(=O)c1cc(COCc2ccc(OC)cc2)n(C)n1.